The third-order valence-corrected chi connectivity index (χ3v) is 4.60. The fraction of sp³-hybridized carbons (Fsp3) is 0.389. The van der Waals surface area contributed by atoms with Crippen molar-refractivity contribution in [3.8, 4) is 0 Å². The molecule has 6 nitrogen and oxygen atoms in total. The number of carbonyl (C=O) groups excluding carboxylic acids is 1. The zero-order valence-corrected chi connectivity index (χ0v) is 13.7. The van der Waals surface area contributed by atoms with Crippen LogP contribution in [0.2, 0.25) is 0 Å². The molecule has 3 heterocycles. The highest BCUT2D eigenvalue weighted by Crippen LogP contribution is 2.25. The van der Waals surface area contributed by atoms with E-state index in [1.807, 2.05) is 42.3 Å². The minimum Gasteiger partial charge on any atom is -0.378 e. The number of anilines is 1. The number of hydrogen-bond donors (Lipinski definition) is 0. The van der Waals surface area contributed by atoms with E-state index in [2.05, 4.69) is 9.88 Å². The SMILES string of the molecule is Cc1ccccc1C(=O)N1Cc2cnc(N3CCOCC3)nc2C1. The number of aryl methyl sites for hydroxylation is 1. The molecule has 0 unspecified atom stereocenters. The summed E-state index contributed by atoms with van der Waals surface area (Å²) in [6.07, 6.45) is 1.86. The van der Waals surface area contributed by atoms with Crippen molar-refractivity contribution in [1.29, 1.82) is 0 Å². The Labute approximate surface area is 141 Å². The lowest BCUT2D eigenvalue weighted by Crippen LogP contribution is -2.37. The number of fused-ring (bicyclic) bond motifs is 1. The second-order valence-electron chi connectivity index (χ2n) is 6.22. The Morgan fingerprint density at radius 3 is 2.75 bits per heavy atom. The van der Waals surface area contributed by atoms with Crippen LogP contribution in [0.4, 0.5) is 5.95 Å². The van der Waals surface area contributed by atoms with Gasteiger partial charge in [0.2, 0.25) is 5.95 Å². The molecule has 0 spiro atoms. The van der Waals surface area contributed by atoms with Gasteiger partial charge in [0.25, 0.3) is 5.91 Å². The minimum absolute atomic E-state index is 0.0547. The van der Waals surface area contributed by atoms with E-state index in [-0.39, 0.29) is 5.91 Å². The summed E-state index contributed by atoms with van der Waals surface area (Å²) in [5, 5.41) is 0. The Balaban J connectivity index is 1.53. The molecular formula is C18H20N4O2. The predicted molar refractivity (Wildman–Crippen MR) is 89.8 cm³/mol. The molecule has 124 valence electrons. The molecule has 0 atom stereocenters. The van der Waals surface area contributed by atoms with Crippen molar-refractivity contribution in [3.63, 3.8) is 0 Å². The van der Waals surface area contributed by atoms with Crippen LogP contribution >= 0.6 is 0 Å². The zero-order valence-electron chi connectivity index (χ0n) is 13.7. The molecule has 0 N–H and O–H groups in total. The van der Waals surface area contributed by atoms with Crippen molar-refractivity contribution >= 4 is 11.9 Å². The molecular weight excluding hydrogens is 304 g/mol. The van der Waals surface area contributed by atoms with Gasteiger partial charge >= 0.3 is 0 Å². The van der Waals surface area contributed by atoms with Crippen molar-refractivity contribution in [3.05, 3.63) is 52.8 Å². The summed E-state index contributed by atoms with van der Waals surface area (Å²) in [5.41, 5.74) is 3.74. The van der Waals surface area contributed by atoms with Crippen molar-refractivity contribution < 1.29 is 9.53 Å². The summed E-state index contributed by atoms with van der Waals surface area (Å²) < 4.78 is 5.37. The fourth-order valence-electron chi connectivity index (χ4n) is 3.19. The molecule has 1 fully saturated rings. The number of benzene rings is 1. The number of aromatic nitrogens is 2. The van der Waals surface area contributed by atoms with Gasteiger partial charge in [-0.05, 0) is 18.6 Å². The summed E-state index contributed by atoms with van der Waals surface area (Å²) in [6, 6.07) is 7.70. The first-order chi connectivity index (χ1) is 11.7. The maximum Gasteiger partial charge on any atom is 0.254 e. The number of morpholine rings is 1. The van der Waals surface area contributed by atoms with Gasteiger partial charge in [-0.3, -0.25) is 4.79 Å². The maximum absolute atomic E-state index is 12.8. The van der Waals surface area contributed by atoms with Gasteiger partial charge in [0.05, 0.1) is 25.5 Å². The fourth-order valence-corrected chi connectivity index (χ4v) is 3.19. The lowest BCUT2D eigenvalue weighted by molar-refractivity contribution is 0.0749. The Bertz CT molecular complexity index is 771. The Morgan fingerprint density at radius 2 is 1.96 bits per heavy atom. The third-order valence-electron chi connectivity index (χ3n) is 4.60. The second-order valence-corrected chi connectivity index (χ2v) is 6.22. The lowest BCUT2D eigenvalue weighted by atomic mass is 10.1. The van der Waals surface area contributed by atoms with Gasteiger partial charge in [-0.1, -0.05) is 18.2 Å². The summed E-state index contributed by atoms with van der Waals surface area (Å²) in [7, 11) is 0. The molecule has 2 aliphatic rings. The first-order valence-electron chi connectivity index (χ1n) is 8.25. The van der Waals surface area contributed by atoms with Gasteiger partial charge in [0.1, 0.15) is 0 Å². The Kier molecular flexibility index (Phi) is 3.90. The quantitative estimate of drug-likeness (QED) is 0.843. The van der Waals surface area contributed by atoms with Crippen LogP contribution in [0, 0.1) is 6.92 Å². The van der Waals surface area contributed by atoms with E-state index in [9.17, 15) is 4.79 Å². The lowest BCUT2D eigenvalue weighted by Gasteiger charge is -2.26. The van der Waals surface area contributed by atoms with E-state index >= 15 is 0 Å². The Morgan fingerprint density at radius 1 is 1.17 bits per heavy atom. The number of nitrogens with zero attached hydrogens (tertiary/aromatic N) is 4. The van der Waals surface area contributed by atoms with Gasteiger partial charge in [-0.15, -0.1) is 0 Å². The topological polar surface area (TPSA) is 58.6 Å². The first-order valence-corrected chi connectivity index (χ1v) is 8.25. The van der Waals surface area contributed by atoms with Crippen LogP contribution in [-0.2, 0) is 17.8 Å². The molecule has 4 rings (SSSR count). The largest absolute Gasteiger partial charge is 0.378 e. The maximum atomic E-state index is 12.8. The van der Waals surface area contributed by atoms with Gasteiger partial charge in [0.15, 0.2) is 0 Å². The van der Waals surface area contributed by atoms with Crippen LogP contribution in [0.5, 0.6) is 0 Å². The molecule has 2 aliphatic heterocycles. The average Bonchev–Trinajstić information content (AvgIpc) is 3.05. The van der Waals surface area contributed by atoms with Gasteiger partial charge in [-0.2, -0.15) is 0 Å². The normalized spacial score (nSPS) is 17.0. The number of amides is 1. The van der Waals surface area contributed by atoms with E-state index < -0.39 is 0 Å². The van der Waals surface area contributed by atoms with E-state index in [0.717, 1.165) is 41.4 Å². The molecule has 0 aliphatic carbocycles. The number of carbonyl (C=O) groups is 1. The van der Waals surface area contributed by atoms with E-state index in [1.165, 1.54) is 0 Å². The van der Waals surface area contributed by atoms with Crippen LogP contribution in [0.1, 0.15) is 27.2 Å². The highest BCUT2D eigenvalue weighted by molar-refractivity contribution is 5.95. The summed E-state index contributed by atoms with van der Waals surface area (Å²) in [4.78, 5) is 25.9. The molecule has 1 saturated heterocycles. The smallest absolute Gasteiger partial charge is 0.254 e. The van der Waals surface area contributed by atoms with Crippen LogP contribution in [0.15, 0.2) is 30.5 Å². The molecule has 0 saturated carbocycles. The van der Waals surface area contributed by atoms with Crippen molar-refractivity contribution in [2.75, 3.05) is 31.2 Å². The van der Waals surface area contributed by atoms with Crippen molar-refractivity contribution in [1.82, 2.24) is 14.9 Å². The molecule has 6 heteroatoms. The van der Waals surface area contributed by atoms with Crippen LogP contribution in [-0.4, -0.2) is 47.1 Å². The molecule has 0 bridgehead atoms. The summed E-state index contributed by atoms with van der Waals surface area (Å²) in [5.74, 6) is 0.793. The van der Waals surface area contributed by atoms with Crippen molar-refractivity contribution in [2.45, 2.75) is 20.0 Å². The van der Waals surface area contributed by atoms with Gasteiger partial charge in [-0.25, -0.2) is 9.97 Å². The molecule has 1 aromatic heterocycles. The molecule has 2 aromatic rings. The second kappa shape index (κ2) is 6.20. The van der Waals surface area contributed by atoms with Gasteiger partial charge < -0.3 is 14.5 Å². The molecule has 1 aromatic carbocycles. The summed E-state index contributed by atoms with van der Waals surface area (Å²) in [6.45, 7) is 6.12. The van der Waals surface area contributed by atoms with Crippen LogP contribution in [0.3, 0.4) is 0 Å². The Hall–Kier alpha value is -2.47. The molecule has 1 amide bonds. The highest BCUT2D eigenvalue weighted by atomic mass is 16.5. The highest BCUT2D eigenvalue weighted by Gasteiger charge is 2.27. The minimum atomic E-state index is 0.0547. The first kappa shape index (κ1) is 15.1. The van der Waals surface area contributed by atoms with E-state index in [0.29, 0.717) is 26.3 Å². The number of rotatable bonds is 2. The monoisotopic (exact) mass is 324 g/mol. The standard InChI is InChI=1S/C18H20N4O2/c1-13-4-2-3-5-15(13)17(23)22-11-14-10-19-18(20-16(14)12-22)21-6-8-24-9-7-21/h2-5,10H,6-9,11-12H2,1H3. The third kappa shape index (κ3) is 2.73. The molecule has 0 radical (unpaired) electrons. The van der Waals surface area contributed by atoms with E-state index in [1.54, 1.807) is 0 Å². The van der Waals surface area contributed by atoms with Crippen LogP contribution < -0.4 is 4.90 Å². The van der Waals surface area contributed by atoms with Crippen molar-refractivity contribution in [2.24, 2.45) is 0 Å². The average molecular weight is 324 g/mol. The number of hydrogen-bond acceptors (Lipinski definition) is 5. The number of ether oxygens (including phenoxy) is 1. The van der Waals surface area contributed by atoms with Gasteiger partial charge in [0, 0.05) is 37.0 Å². The molecule has 24 heavy (non-hydrogen) atoms. The van der Waals surface area contributed by atoms with Crippen LogP contribution in [0.25, 0.3) is 0 Å². The zero-order chi connectivity index (χ0) is 16.5. The predicted octanol–water partition coefficient (Wildman–Crippen LogP) is 1.78. The van der Waals surface area contributed by atoms with E-state index in [4.69, 9.17) is 9.72 Å². The summed E-state index contributed by atoms with van der Waals surface area (Å²) >= 11 is 0.